The Bertz CT molecular complexity index is 422. The Morgan fingerprint density at radius 3 is 2.79 bits per heavy atom. The molecule has 2 aromatic heterocycles. The van der Waals surface area contributed by atoms with Crippen LogP contribution in [-0.4, -0.2) is 17.0 Å². The summed E-state index contributed by atoms with van der Waals surface area (Å²) in [5, 5.41) is 2.85. The molecule has 0 bridgehead atoms. The maximum absolute atomic E-state index is 5.46. The van der Waals surface area contributed by atoms with Gasteiger partial charge in [0.1, 0.15) is 5.69 Å². The van der Waals surface area contributed by atoms with Crippen LogP contribution in [0.15, 0.2) is 28.8 Å². The second kappa shape index (κ2) is 3.49. The third-order valence-corrected chi connectivity index (χ3v) is 1.91. The van der Waals surface area contributed by atoms with Gasteiger partial charge in [-0.3, -0.25) is 4.98 Å². The second-order valence-electron chi connectivity index (χ2n) is 2.90. The minimum absolute atomic E-state index is 0.517. The molecule has 0 unspecified atom stereocenters. The van der Waals surface area contributed by atoms with Crippen molar-refractivity contribution >= 4 is 6.01 Å². The summed E-state index contributed by atoms with van der Waals surface area (Å²) in [6.45, 7) is 1.90. The van der Waals surface area contributed by atoms with E-state index in [-0.39, 0.29) is 0 Å². The first-order valence-corrected chi connectivity index (χ1v) is 4.38. The van der Waals surface area contributed by atoms with Gasteiger partial charge in [-0.1, -0.05) is 6.07 Å². The third kappa shape index (κ3) is 1.46. The molecule has 0 saturated heterocycles. The summed E-state index contributed by atoms with van der Waals surface area (Å²) in [6.07, 6.45) is 1.73. The Hall–Kier alpha value is -1.84. The van der Waals surface area contributed by atoms with Crippen LogP contribution in [-0.2, 0) is 0 Å². The summed E-state index contributed by atoms with van der Waals surface area (Å²) in [7, 11) is 1.77. The van der Waals surface area contributed by atoms with E-state index >= 15 is 0 Å². The first-order valence-electron chi connectivity index (χ1n) is 4.38. The molecule has 0 aromatic carbocycles. The zero-order valence-electron chi connectivity index (χ0n) is 8.11. The molecule has 0 aliphatic carbocycles. The number of oxazole rings is 1. The van der Waals surface area contributed by atoms with Crippen LogP contribution in [0.25, 0.3) is 11.5 Å². The van der Waals surface area contributed by atoms with Crippen molar-refractivity contribution in [3.8, 4) is 11.5 Å². The molecule has 2 rings (SSSR count). The highest BCUT2D eigenvalue weighted by atomic mass is 16.4. The first kappa shape index (κ1) is 8.74. The zero-order chi connectivity index (χ0) is 9.97. The molecule has 1 N–H and O–H groups in total. The molecule has 2 heterocycles. The van der Waals surface area contributed by atoms with Crippen LogP contribution >= 0.6 is 0 Å². The van der Waals surface area contributed by atoms with Gasteiger partial charge in [-0.2, -0.15) is 4.98 Å². The summed E-state index contributed by atoms with van der Waals surface area (Å²) >= 11 is 0. The monoisotopic (exact) mass is 189 g/mol. The van der Waals surface area contributed by atoms with Gasteiger partial charge >= 0.3 is 0 Å². The molecule has 0 saturated carbocycles. The average molecular weight is 189 g/mol. The fraction of sp³-hybridized carbons (Fsp3) is 0.200. The third-order valence-electron chi connectivity index (χ3n) is 1.91. The highest BCUT2D eigenvalue weighted by Gasteiger charge is 2.10. The summed E-state index contributed by atoms with van der Waals surface area (Å²) in [6, 6.07) is 6.20. The number of pyridine rings is 1. The maximum Gasteiger partial charge on any atom is 0.295 e. The van der Waals surface area contributed by atoms with Crippen LogP contribution in [0.3, 0.4) is 0 Å². The summed E-state index contributed by atoms with van der Waals surface area (Å²) in [4.78, 5) is 8.38. The predicted molar refractivity (Wildman–Crippen MR) is 54.0 cm³/mol. The van der Waals surface area contributed by atoms with Crippen LogP contribution in [0.2, 0.25) is 0 Å². The molecule has 0 radical (unpaired) electrons. The van der Waals surface area contributed by atoms with Gasteiger partial charge in [0, 0.05) is 13.2 Å². The number of aryl methyl sites for hydroxylation is 1. The Labute approximate surface area is 82.0 Å². The Morgan fingerprint density at radius 1 is 1.36 bits per heavy atom. The lowest BCUT2D eigenvalue weighted by Gasteiger charge is -1.94. The smallest absolute Gasteiger partial charge is 0.295 e. The lowest BCUT2D eigenvalue weighted by Crippen LogP contribution is -1.85. The standard InChI is InChI=1S/C10H11N3O/c1-7-9(14-10(11-2)13-7)8-5-3-4-6-12-8/h3-6H,1-2H3,(H,11,13). The Kier molecular flexibility index (Phi) is 2.18. The molecular formula is C10H11N3O. The van der Waals surface area contributed by atoms with Crippen molar-refractivity contribution in [1.82, 2.24) is 9.97 Å². The molecule has 0 amide bonds. The summed E-state index contributed by atoms with van der Waals surface area (Å²) in [5.41, 5.74) is 1.65. The van der Waals surface area contributed by atoms with Crippen molar-refractivity contribution in [2.75, 3.05) is 12.4 Å². The average Bonchev–Trinajstić information content (AvgIpc) is 2.61. The van der Waals surface area contributed by atoms with E-state index in [2.05, 4.69) is 15.3 Å². The van der Waals surface area contributed by atoms with Crippen molar-refractivity contribution in [3.63, 3.8) is 0 Å². The number of anilines is 1. The second-order valence-corrected chi connectivity index (χ2v) is 2.90. The van der Waals surface area contributed by atoms with Crippen molar-refractivity contribution in [3.05, 3.63) is 30.1 Å². The molecule has 0 fully saturated rings. The molecule has 0 aliphatic rings. The normalized spacial score (nSPS) is 10.1. The number of aromatic nitrogens is 2. The number of hydrogen-bond donors (Lipinski definition) is 1. The molecule has 2 aromatic rings. The highest BCUT2D eigenvalue weighted by Crippen LogP contribution is 2.23. The van der Waals surface area contributed by atoms with Crippen LogP contribution in [0.4, 0.5) is 6.01 Å². The van der Waals surface area contributed by atoms with Crippen molar-refractivity contribution in [2.24, 2.45) is 0 Å². The van der Waals surface area contributed by atoms with Gasteiger partial charge in [0.25, 0.3) is 6.01 Å². The van der Waals surface area contributed by atoms with E-state index in [1.165, 1.54) is 0 Å². The number of hydrogen-bond acceptors (Lipinski definition) is 4. The van der Waals surface area contributed by atoms with Gasteiger partial charge < -0.3 is 9.73 Å². The fourth-order valence-electron chi connectivity index (χ4n) is 1.24. The number of nitrogens with zero attached hydrogens (tertiary/aromatic N) is 2. The fourth-order valence-corrected chi connectivity index (χ4v) is 1.24. The van der Waals surface area contributed by atoms with Crippen molar-refractivity contribution in [2.45, 2.75) is 6.92 Å². The largest absolute Gasteiger partial charge is 0.422 e. The minimum atomic E-state index is 0.517. The highest BCUT2D eigenvalue weighted by molar-refractivity contribution is 5.56. The van der Waals surface area contributed by atoms with Gasteiger partial charge in [-0.15, -0.1) is 0 Å². The molecule has 4 nitrogen and oxygen atoms in total. The Morgan fingerprint density at radius 2 is 2.21 bits per heavy atom. The molecule has 0 aliphatic heterocycles. The van der Waals surface area contributed by atoms with Gasteiger partial charge in [0.2, 0.25) is 0 Å². The lowest BCUT2D eigenvalue weighted by molar-refractivity contribution is 0.586. The van der Waals surface area contributed by atoms with Gasteiger partial charge in [-0.25, -0.2) is 0 Å². The predicted octanol–water partition coefficient (Wildman–Crippen LogP) is 2.09. The molecule has 0 atom stereocenters. The Balaban J connectivity index is 2.46. The quantitative estimate of drug-likeness (QED) is 0.785. The van der Waals surface area contributed by atoms with Gasteiger partial charge in [-0.05, 0) is 19.1 Å². The molecular weight excluding hydrogens is 178 g/mol. The van der Waals surface area contributed by atoms with Crippen LogP contribution in [0.5, 0.6) is 0 Å². The van der Waals surface area contributed by atoms with E-state index < -0.39 is 0 Å². The van der Waals surface area contributed by atoms with Crippen LogP contribution < -0.4 is 5.32 Å². The first-order chi connectivity index (χ1) is 6.81. The summed E-state index contributed by atoms with van der Waals surface area (Å²) in [5.74, 6) is 0.718. The van der Waals surface area contributed by atoms with E-state index in [0.29, 0.717) is 6.01 Å². The minimum Gasteiger partial charge on any atom is -0.422 e. The number of rotatable bonds is 2. The van der Waals surface area contributed by atoms with E-state index in [9.17, 15) is 0 Å². The zero-order valence-corrected chi connectivity index (χ0v) is 8.11. The van der Waals surface area contributed by atoms with Crippen LogP contribution in [0, 0.1) is 6.92 Å². The van der Waals surface area contributed by atoms with Crippen molar-refractivity contribution < 1.29 is 4.42 Å². The van der Waals surface area contributed by atoms with Crippen LogP contribution in [0.1, 0.15) is 5.69 Å². The van der Waals surface area contributed by atoms with E-state index in [4.69, 9.17) is 4.42 Å². The summed E-state index contributed by atoms with van der Waals surface area (Å²) < 4.78 is 5.46. The van der Waals surface area contributed by atoms with E-state index in [0.717, 1.165) is 17.1 Å². The maximum atomic E-state index is 5.46. The van der Waals surface area contributed by atoms with Gasteiger partial charge in [0.05, 0.1) is 5.69 Å². The molecule has 4 heteroatoms. The van der Waals surface area contributed by atoms with E-state index in [1.54, 1.807) is 13.2 Å². The SMILES string of the molecule is CNc1nc(C)c(-c2ccccn2)o1. The lowest BCUT2D eigenvalue weighted by atomic mass is 10.2. The van der Waals surface area contributed by atoms with Gasteiger partial charge in [0.15, 0.2) is 5.76 Å². The topological polar surface area (TPSA) is 51.0 Å². The molecule has 14 heavy (non-hydrogen) atoms. The van der Waals surface area contributed by atoms with Crippen molar-refractivity contribution in [1.29, 1.82) is 0 Å². The molecule has 0 spiro atoms. The van der Waals surface area contributed by atoms with E-state index in [1.807, 2.05) is 25.1 Å². The molecule has 72 valence electrons. The number of nitrogens with one attached hydrogen (secondary N) is 1.